The molecule has 0 bridgehead atoms. The van der Waals surface area contributed by atoms with Crippen molar-refractivity contribution in [1.82, 2.24) is 14.8 Å². The maximum atomic E-state index is 5.88. The molecule has 1 unspecified atom stereocenters. The lowest BCUT2D eigenvalue weighted by Gasteiger charge is -2.37. The fourth-order valence-corrected chi connectivity index (χ4v) is 2.34. The molecule has 1 aromatic rings. The molecule has 1 aliphatic rings. The van der Waals surface area contributed by atoms with E-state index in [-0.39, 0.29) is 0 Å². The predicted molar refractivity (Wildman–Crippen MR) is 66.6 cm³/mol. The van der Waals surface area contributed by atoms with Crippen LogP contribution >= 0.6 is 11.6 Å². The minimum absolute atomic E-state index is 0.583. The minimum Gasteiger partial charge on any atom is -0.304 e. The van der Waals surface area contributed by atoms with Crippen LogP contribution in [0.1, 0.15) is 12.6 Å². The van der Waals surface area contributed by atoms with Gasteiger partial charge in [0.15, 0.2) is 0 Å². The largest absolute Gasteiger partial charge is 0.304 e. The van der Waals surface area contributed by atoms with Crippen molar-refractivity contribution in [1.29, 1.82) is 0 Å². The van der Waals surface area contributed by atoms with E-state index in [4.69, 9.17) is 11.6 Å². The Hall–Kier alpha value is -0.640. The molecule has 2 rings (SSSR count). The molecular formula is C12H18ClN3. The van der Waals surface area contributed by atoms with Gasteiger partial charge in [-0.1, -0.05) is 17.7 Å². The Morgan fingerprint density at radius 2 is 2.25 bits per heavy atom. The van der Waals surface area contributed by atoms with Gasteiger partial charge in [-0.15, -0.1) is 0 Å². The van der Waals surface area contributed by atoms with E-state index in [1.807, 2.05) is 18.2 Å². The predicted octanol–water partition coefficient (Wildman–Crippen LogP) is 1.87. The van der Waals surface area contributed by atoms with Crippen molar-refractivity contribution in [3.05, 3.63) is 29.0 Å². The number of likely N-dealkylation sites (N-methyl/N-ethyl adjacent to an activating group) is 1. The van der Waals surface area contributed by atoms with Crippen LogP contribution in [0.3, 0.4) is 0 Å². The van der Waals surface area contributed by atoms with E-state index in [1.54, 1.807) is 0 Å². The lowest BCUT2D eigenvalue weighted by molar-refractivity contribution is 0.0927. The first-order valence-corrected chi connectivity index (χ1v) is 6.07. The summed E-state index contributed by atoms with van der Waals surface area (Å²) < 4.78 is 0. The number of hydrogen-bond donors (Lipinski definition) is 0. The van der Waals surface area contributed by atoms with Crippen LogP contribution in [-0.2, 0) is 6.54 Å². The summed E-state index contributed by atoms with van der Waals surface area (Å²) in [5.74, 6) is 0. The van der Waals surface area contributed by atoms with Gasteiger partial charge in [-0.2, -0.15) is 0 Å². The molecule has 1 aliphatic heterocycles. The second-order valence-corrected chi connectivity index (χ2v) is 4.92. The summed E-state index contributed by atoms with van der Waals surface area (Å²) in [6.07, 6.45) is 0. The molecule has 0 amide bonds. The minimum atomic E-state index is 0.583. The summed E-state index contributed by atoms with van der Waals surface area (Å²) >= 11 is 5.88. The monoisotopic (exact) mass is 239 g/mol. The first kappa shape index (κ1) is 11.8. The van der Waals surface area contributed by atoms with Gasteiger partial charge < -0.3 is 4.90 Å². The number of rotatable bonds is 2. The number of hydrogen-bond acceptors (Lipinski definition) is 3. The van der Waals surface area contributed by atoms with Gasteiger partial charge in [0.25, 0.3) is 0 Å². The highest BCUT2D eigenvalue weighted by molar-refractivity contribution is 6.29. The van der Waals surface area contributed by atoms with E-state index >= 15 is 0 Å². The van der Waals surface area contributed by atoms with Crippen LogP contribution in [0.5, 0.6) is 0 Å². The summed E-state index contributed by atoms with van der Waals surface area (Å²) in [5.41, 5.74) is 1.06. The van der Waals surface area contributed by atoms with Gasteiger partial charge in [0.05, 0.1) is 5.69 Å². The summed E-state index contributed by atoms with van der Waals surface area (Å²) in [5, 5.41) is 0.583. The van der Waals surface area contributed by atoms with Crippen molar-refractivity contribution < 1.29 is 0 Å². The van der Waals surface area contributed by atoms with E-state index in [0.717, 1.165) is 31.9 Å². The fraction of sp³-hybridized carbons (Fsp3) is 0.583. The lowest BCUT2D eigenvalue weighted by Crippen LogP contribution is -2.49. The lowest BCUT2D eigenvalue weighted by atomic mass is 10.2. The maximum absolute atomic E-state index is 5.88. The molecule has 4 heteroatoms. The van der Waals surface area contributed by atoms with Crippen LogP contribution in [0.4, 0.5) is 0 Å². The number of piperazine rings is 1. The second kappa shape index (κ2) is 5.13. The SMILES string of the molecule is CC1CN(C)CCN1Cc1cccc(Cl)n1. The Morgan fingerprint density at radius 3 is 2.94 bits per heavy atom. The molecule has 16 heavy (non-hydrogen) atoms. The Bertz CT molecular complexity index is 356. The molecule has 0 aliphatic carbocycles. The van der Waals surface area contributed by atoms with Gasteiger partial charge in [0.1, 0.15) is 5.15 Å². The molecule has 0 N–H and O–H groups in total. The van der Waals surface area contributed by atoms with Crippen molar-refractivity contribution >= 4 is 11.6 Å². The van der Waals surface area contributed by atoms with Crippen LogP contribution in [0.25, 0.3) is 0 Å². The molecule has 3 nitrogen and oxygen atoms in total. The highest BCUT2D eigenvalue weighted by atomic mass is 35.5. The highest BCUT2D eigenvalue weighted by Gasteiger charge is 2.21. The summed E-state index contributed by atoms with van der Waals surface area (Å²) in [4.78, 5) is 9.16. The third-order valence-electron chi connectivity index (χ3n) is 3.11. The zero-order valence-corrected chi connectivity index (χ0v) is 10.6. The van der Waals surface area contributed by atoms with Gasteiger partial charge in [-0.05, 0) is 26.1 Å². The molecule has 2 heterocycles. The van der Waals surface area contributed by atoms with Crippen LogP contribution in [-0.4, -0.2) is 47.5 Å². The van der Waals surface area contributed by atoms with Crippen molar-refractivity contribution in [3.8, 4) is 0 Å². The Kier molecular flexibility index (Phi) is 3.79. The van der Waals surface area contributed by atoms with Gasteiger partial charge in [0.2, 0.25) is 0 Å². The van der Waals surface area contributed by atoms with Crippen LogP contribution < -0.4 is 0 Å². The zero-order chi connectivity index (χ0) is 11.5. The normalized spacial score (nSPS) is 23.6. The van der Waals surface area contributed by atoms with E-state index in [1.165, 1.54) is 0 Å². The average Bonchev–Trinajstić information content (AvgIpc) is 2.22. The van der Waals surface area contributed by atoms with Crippen molar-refractivity contribution in [2.75, 3.05) is 26.7 Å². The van der Waals surface area contributed by atoms with Gasteiger partial charge in [0, 0.05) is 32.2 Å². The maximum Gasteiger partial charge on any atom is 0.129 e. The van der Waals surface area contributed by atoms with Crippen molar-refractivity contribution in [2.45, 2.75) is 19.5 Å². The molecule has 1 fully saturated rings. The standard InChI is InChI=1S/C12H18ClN3/c1-10-8-15(2)6-7-16(10)9-11-4-3-5-12(13)14-11/h3-5,10H,6-9H2,1-2H3. The summed E-state index contributed by atoms with van der Waals surface area (Å²) in [7, 11) is 2.17. The molecule has 88 valence electrons. The molecule has 0 radical (unpaired) electrons. The Balaban J connectivity index is 1.99. The molecule has 1 aromatic heterocycles. The van der Waals surface area contributed by atoms with Crippen LogP contribution in [0.15, 0.2) is 18.2 Å². The van der Waals surface area contributed by atoms with Crippen LogP contribution in [0, 0.1) is 0 Å². The molecular weight excluding hydrogens is 222 g/mol. The second-order valence-electron chi connectivity index (χ2n) is 4.53. The van der Waals surface area contributed by atoms with E-state index < -0.39 is 0 Å². The molecule has 0 aromatic carbocycles. The van der Waals surface area contributed by atoms with Gasteiger partial charge in [-0.25, -0.2) is 4.98 Å². The molecule has 0 saturated carbocycles. The Labute approximate surface area is 102 Å². The van der Waals surface area contributed by atoms with E-state index in [9.17, 15) is 0 Å². The van der Waals surface area contributed by atoms with Crippen molar-refractivity contribution in [3.63, 3.8) is 0 Å². The van der Waals surface area contributed by atoms with E-state index in [2.05, 4.69) is 28.8 Å². The fourth-order valence-electron chi connectivity index (χ4n) is 2.16. The summed E-state index contributed by atoms with van der Waals surface area (Å²) in [6.45, 7) is 6.52. The summed E-state index contributed by atoms with van der Waals surface area (Å²) in [6, 6.07) is 6.40. The zero-order valence-electron chi connectivity index (χ0n) is 9.86. The molecule has 0 spiro atoms. The number of nitrogens with zero attached hydrogens (tertiary/aromatic N) is 3. The van der Waals surface area contributed by atoms with Gasteiger partial charge in [-0.3, -0.25) is 4.90 Å². The first-order valence-electron chi connectivity index (χ1n) is 5.69. The molecule has 1 atom stereocenters. The highest BCUT2D eigenvalue weighted by Crippen LogP contribution is 2.13. The quantitative estimate of drug-likeness (QED) is 0.735. The van der Waals surface area contributed by atoms with Crippen molar-refractivity contribution in [2.24, 2.45) is 0 Å². The smallest absolute Gasteiger partial charge is 0.129 e. The first-order chi connectivity index (χ1) is 7.65. The van der Waals surface area contributed by atoms with Gasteiger partial charge >= 0.3 is 0 Å². The average molecular weight is 240 g/mol. The third kappa shape index (κ3) is 2.94. The third-order valence-corrected chi connectivity index (χ3v) is 3.32. The molecule has 1 saturated heterocycles. The van der Waals surface area contributed by atoms with Crippen LogP contribution in [0.2, 0.25) is 5.15 Å². The Morgan fingerprint density at radius 1 is 1.44 bits per heavy atom. The topological polar surface area (TPSA) is 19.4 Å². The van der Waals surface area contributed by atoms with E-state index in [0.29, 0.717) is 11.2 Å². The number of pyridine rings is 1. The number of aromatic nitrogens is 1. The number of halogens is 1.